The molecule has 1 aliphatic rings. The lowest BCUT2D eigenvalue weighted by molar-refractivity contribution is -0.132. The third-order valence-electron chi connectivity index (χ3n) is 4.32. The summed E-state index contributed by atoms with van der Waals surface area (Å²) in [5.41, 5.74) is 1.16. The molecule has 1 atom stereocenters. The van der Waals surface area contributed by atoms with Gasteiger partial charge in [-0.05, 0) is 29.1 Å². The van der Waals surface area contributed by atoms with Crippen LogP contribution in [-0.4, -0.2) is 48.9 Å². The SMILES string of the molecule is CN(Cc1cccs1)C(=O)CN1CCNCC1c1cccc(Cl)c1. The zero-order valence-electron chi connectivity index (χ0n) is 13.7. The largest absolute Gasteiger partial charge is 0.340 e. The van der Waals surface area contributed by atoms with Gasteiger partial charge in [-0.2, -0.15) is 0 Å². The summed E-state index contributed by atoms with van der Waals surface area (Å²) in [6, 6.07) is 12.2. The second kappa shape index (κ2) is 8.12. The van der Waals surface area contributed by atoms with E-state index in [4.69, 9.17) is 11.6 Å². The van der Waals surface area contributed by atoms with Crippen molar-refractivity contribution < 1.29 is 4.79 Å². The first-order valence-corrected chi connectivity index (χ1v) is 9.36. The molecule has 1 amide bonds. The van der Waals surface area contributed by atoms with Crippen LogP contribution >= 0.6 is 22.9 Å². The molecule has 3 rings (SSSR count). The van der Waals surface area contributed by atoms with E-state index in [0.29, 0.717) is 13.1 Å². The monoisotopic (exact) mass is 363 g/mol. The molecule has 0 radical (unpaired) electrons. The van der Waals surface area contributed by atoms with Gasteiger partial charge in [-0.25, -0.2) is 0 Å². The van der Waals surface area contributed by atoms with Crippen LogP contribution in [0, 0.1) is 0 Å². The summed E-state index contributed by atoms with van der Waals surface area (Å²) >= 11 is 7.82. The molecule has 1 N–H and O–H groups in total. The van der Waals surface area contributed by atoms with Gasteiger partial charge >= 0.3 is 0 Å². The van der Waals surface area contributed by atoms with Crippen LogP contribution in [-0.2, 0) is 11.3 Å². The van der Waals surface area contributed by atoms with Crippen LogP contribution in [0.15, 0.2) is 41.8 Å². The Morgan fingerprint density at radius 2 is 2.29 bits per heavy atom. The van der Waals surface area contributed by atoms with Crippen LogP contribution in [0.1, 0.15) is 16.5 Å². The van der Waals surface area contributed by atoms with E-state index in [9.17, 15) is 4.79 Å². The molecule has 4 nitrogen and oxygen atoms in total. The molecule has 128 valence electrons. The predicted octanol–water partition coefficient (Wildman–Crippen LogP) is 3.01. The number of halogens is 1. The first-order chi connectivity index (χ1) is 11.6. The smallest absolute Gasteiger partial charge is 0.236 e. The van der Waals surface area contributed by atoms with Crippen molar-refractivity contribution in [3.8, 4) is 0 Å². The zero-order valence-corrected chi connectivity index (χ0v) is 15.3. The fourth-order valence-electron chi connectivity index (χ4n) is 3.00. The number of nitrogens with one attached hydrogen (secondary N) is 1. The summed E-state index contributed by atoms with van der Waals surface area (Å²) in [6.45, 7) is 3.70. The van der Waals surface area contributed by atoms with Gasteiger partial charge < -0.3 is 10.2 Å². The Morgan fingerprint density at radius 1 is 1.42 bits per heavy atom. The van der Waals surface area contributed by atoms with Gasteiger partial charge in [0.15, 0.2) is 0 Å². The summed E-state index contributed by atoms with van der Waals surface area (Å²) in [5.74, 6) is 0.150. The van der Waals surface area contributed by atoms with E-state index in [1.165, 1.54) is 4.88 Å². The van der Waals surface area contributed by atoms with Crippen molar-refractivity contribution in [2.45, 2.75) is 12.6 Å². The molecule has 1 aromatic heterocycles. The maximum atomic E-state index is 12.6. The Labute approximate surface area is 152 Å². The highest BCUT2D eigenvalue weighted by molar-refractivity contribution is 7.09. The highest BCUT2D eigenvalue weighted by atomic mass is 35.5. The van der Waals surface area contributed by atoms with E-state index in [2.05, 4.69) is 22.3 Å². The molecule has 0 aliphatic carbocycles. The number of likely N-dealkylation sites (N-methyl/N-ethyl adjacent to an activating group) is 1. The number of amides is 1. The van der Waals surface area contributed by atoms with Crippen LogP contribution in [0.5, 0.6) is 0 Å². The molecule has 6 heteroatoms. The van der Waals surface area contributed by atoms with Crippen LogP contribution in [0.2, 0.25) is 5.02 Å². The van der Waals surface area contributed by atoms with Crippen LogP contribution in [0.25, 0.3) is 0 Å². The standard InChI is InChI=1S/C18H22ClN3OS/c1-21(12-16-6-3-9-24-16)18(23)13-22-8-7-20-11-17(22)14-4-2-5-15(19)10-14/h2-6,9-10,17,20H,7-8,11-13H2,1H3. The molecule has 0 bridgehead atoms. The number of hydrogen-bond acceptors (Lipinski definition) is 4. The Bertz CT molecular complexity index is 677. The van der Waals surface area contributed by atoms with E-state index < -0.39 is 0 Å². The molecule has 2 aromatic rings. The van der Waals surface area contributed by atoms with Gasteiger partial charge in [0.1, 0.15) is 0 Å². The van der Waals surface area contributed by atoms with Crippen molar-refractivity contribution in [3.05, 3.63) is 57.2 Å². The Balaban J connectivity index is 1.66. The van der Waals surface area contributed by atoms with Crippen LogP contribution in [0.4, 0.5) is 0 Å². The number of benzene rings is 1. The first-order valence-electron chi connectivity index (χ1n) is 8.10. The summed E-state index contributed by atoms with van der Waals surface area (Å²) in [4.78, 5) is 17.9. The number of nitrogens with zero attached hydrogens (tertiary/aromatic N) is 2. The third kappa shape index (κ3) is 4.36. The average Bonchev–Trinajstić information content (AvgIpc) is 3.08. The summed E-state index contributed by atoms with van der Waals surface area (Å²) in [5, 5.41) is 6.19. The number of carbonyl (C=O) groups excluding carboxylic acids is 1. The fraction of sp³-hybridized carbons (Fsp3) is 0.389. The van der Waals surface area contributed by atoms with E-state index in [1.54, 1.807) is 11.3 Å². The molecular formula is C18H22ClN3OS. The van der Waals surface area contributed by atoms with E-state index in [1.807, 2.05) is 41.6 Å². The van der Waals surface area contributed by atoms with Gasteiger partial charge in [0, 0.05) is 42.6 Å². The Kier molecular flexibility index (Phi) is 5.89. The highest BCUT2D eigenvalue weighted by Gasteiger charge is 2.26. The van der Waals surface area contributed by atoms with Crippen LogP contribution in [0.3, 0.4) is 0 Å². The van der Waals surface area contributed by atoms with Gasteiger partial charge in [0.05, 0.1) is 13.1 Å². The molecule has 1 saturated heterocycles. The number of thiophene rings is 1. The molecule has 1 fully saturated rings. The molecule has 0 saturated carbocycles. The maximum absolute atomic E-state index is 12.6. The minimum Gasteiger partial charge on any atom is -0.340 e. The quantitative estimate of drug-likeness (QED) is 0.887. The minimum atomic E-state index is 0.150. The normalized spacial score (nSPS) is 18.5. The van der Waals surface area contributed by atoms with Gasteiger partial charge in [-0.1, -0.05) is 29.8 Å². The Morgan fingerprint density at radius 3 is 3.04 bits per heavy atom. The fourth-order valence-corrected chi connectivity index (χ4v) is 3.95. The van der Waals surface area contributed by atoms with E-state index in [0.717, 1.165) is 30.2 Å². The van der Waals surface area contributed by atoms with Gasteiger partial charge in [-0.3, -0.25) is 9.69 Å². The average molecular weight is 364 g/mol. The predicted molar refractivity (Wildman–Crippen MR) is 99.4 cm³/mol. The topological polar surface area (TPSA) is 35.6 Å². The van der Waals surface area contributed by atoms with Gasteiger partial charge in [0.2, 0.25) is 5.91 Å². The zero-order chi connectivity index (χ0) is 16.9. The van der Waals surface area contributed by atoms with Crippen LogP contribution < -0.4 is 5.32 Å². The van der Waals surface area contributed by atoms with E-state index >= 15 is 0 Å². The van der Waals surface area contributed by atoms with Gasteiger partial charge in [0.25, 0.3) is 0 Å². The van der Waals surface area contributed by atoms with Crippen molar-refractivity contribution in [3.63, 3.8) is 0 Å². The second-order valence-electron chi connectivity index (χ2n) is 6.07. The molecular weight excluding hydrogens is 342 g/mol. The van der Waals surface area contributed by atoms with Crippen molar-refractivity contribution in [1.82, 2.24) is 15.1 Å². The molecule has 1 unspecified atom stereocenters. The van der Waals surface area contributed by atoms with Crippen molar-refractivity contribution in [2.75, 3.05) is 33.2 Å². The molecule has 0 spiro atoms. The molecule has 24 heavy (non-hydrogen) atoms. The number of hydrogen-bond donors (Lipinski definition) is 1. The van der Waals surface area contributed by atoms with Crippen molar-refractivity contribution in [2.24, 2.45) is 0 Å². The minimum absolute atomic E-state index is 0.150. The highest BCUT2D eigenvalue weighted by Crippen LogP contribution is 2.24. The van der Waals surface area contributed by atoms with Gasteiger partial charge in [-0.15, -0.1) is 11.3 Å². The third-order valence-corrected chi connectivity index (χ3v) is 5.42. The molecule has 1 aromatic carbocycles. The van der Waals surface area contributed by atoms with E-state index in [-0.39, 0.29) is 11.9 Å². The number of piperazine rings is 1. The lowest BCUT2D eigenvalue weighted by atomic mass is 10.0. The number of rotatable bonds is 5. The van der Waals surface area contributed by atoms with Crippen molar-refractivity contribution >= 4 is 28.8 Å². The summed E-state index contributed by atoms with van der Waals surface area (Å²) < 4.78 is 0. The van der Waals surface area contributed by atoms with Crippen molar-refractivity contribution in [1.29, 1.82) is 0 Å². The molecule has 2 heterocycles. The second-order valence-corrected chi connectivity index (χ2v) is 7.54. The lowest BCUT2D eigenvalue weighted by Crippen LogP contribution is -2.49. The summed E-state index contributed by atoms with van der Waals surface area (Å²) in [6.07, 6.45) is 0. The number of carbonyl (C=O) groups is 1. The lowest BCUT2D eigenvalue weighted by Gasteiger charge is -2.36. The first kappa shape index (κ1) is 17.4. The Hall–Kier alpha value is -1.40. The maximum Gasteiger partial charge on any atom is 0.236 e. The molecule has 1 aliphatic heterocycles. The summed E-state index contributed by atoms with van der Waals surface area (Å²) in [7, 11) is 1.87.